The molecule has 0 fully saturated rings. The lowest BCUT2D eigenvalue weighted by Crippen LogP contribution is -2.38. The number of benzene rings is 3. The molecule has 0 bridgehead atoms. The number of halogens is 1. The van der Waals surface area contributed by atoms with E-state index in [9.17, 15) is 14.3 Å². The van der Waals surface area contributed by atoms with Gasteiger partial charge in [-0.3, -0.25) is 10.1 Å². The van der Waals surface area contributed by atoms with E-state index in [0.29, 0.717) is 24.4 Å². The molecule has 35 heavy (non-hydrogen) atoms. The number of aromatic nitrogens is 4. The lowest BCUT2D eigenvalue weighted by Gasteiger charge is -2.13. The van der Waals surface area contributed by atoms with Crippen molar-refractivity contribution in [1.82, 2.24) is 25.3 Å². The normalized spacial score (nSPS) is 12.1. The summed E-state index contributed by atoms with van der Waals surface area (Å²) >= 11 is 0. The number of fused-ring (bicyclic) bond motifs is 1. The van der Waals surface area contributed by atoms with Crippen LogP contribution >= 0.6 is 0 Å². The van der Waals surface area contributed by atoms with Crippen molar-refractivity contribution in [2.45, 2.75) is 25.6 Å². The van der Waals surface area contributed by atoms with E-state index in [1.807, 2.05) is 60.8 Å². The summed E-state index contributed by atoms with van der Waals surface area (Å²) in [6.07, 6.45) is 2.18. The average molecular weight is 470 g/mol. The zero-order chi connectivity index (χ0) is 24.2. The van der Waals surface area contributed by atoms with Crippen LogP contribution in [0.4, 0.5) is 4.39 Å². The van der Waals surface area contributed by atoms with Crippen LogP contribution in [0.15, 0.2) is 85.1 Å². The molecule has 8 heteroatoms. The van der Waals surface area contributed by atoms with Crippen LogP contribution < -0.4 is 5.32 Å². The Morgan fingerprint density at radius 2 is 1.74 bits per heavy atom. The standard InChI is InChI=1S/C27H24FN5O2/c28-21-12-10-18(11-13-21)17-33-31-25(26(32-33)19-6-2-1-3-7-19)16-30-24(27(34)35)14-20-15-29-23-9-5-4-8-22(20)23/h1-13,15,24,29-30H,14,16-17H2,(H,34,35)/t24-/m1/s1. The summed E-state index contributed by atoms with van der Waals surface area (Å²) in [5.41, 5.74) is 4.98. The van der Waals surface area contributed by atoms with Gasteiger partial charge in [0.15, 0.2) is 0 Å². The third-order valence-electron chi connectivity index (χ3n) is 5.92. The third kappa shape index (κ3) is 5.12. The Balaban J connectivity index is 1.38. The fourth-order valence-corrected chi connectivity index (χ4v) is 4.13. The van der Waals surface area contributed by atoms with Gasteiger partial charge in [-0.25, -0.2) is 4.39 Å². The zero-order valence-electron chi connectivity index (χ0n) is 18.9. The van der Waals surface area contributed by atoms with Crippen LogP contribution in [0.1, 0.15) is 16.8 Å². The molecule has 5 rings (SSSR count). The molecule has 5 aromatic rings. The van der Waals surface area contributed by atoms with Gasteiger partial charge >= 0.3 is 5.97 Å². The Morgan fingerprint density at radius 3 is 2.51 bits per heavy atom. The Labute approximate surface area is 201 Å². The molecule has 0 saturated heterocycles. The quantitative estimate of drug-likeness (QED) is 0.297. The number of rotatable bonds is 9. The van der Waals surface area contributed by atoms with Gasteiger partial charge in [-0.15, -0.1) is 0 Å². The van der Waals surface area contributed by atoms with E-state index in [0.717, 1.165) is 27.6 Å². The van der Waals surface area contributed by atoms with Crippen molar-refractivity contribution in [1.29, 1.82) is 0 Å². The molecule has 2 heterocycles. The first-order valence-corrected chi connectivity index (χ1v) is 11.3. The molecule has 7 nitrogen and oxygen atoms in total. The Bertz CT molecular complexity index is 1440. The van der Waals surface area contributed by atoms with Gasteiger partial charge in [0.2, 0.25) is 0 Å². The van der Waals surface area contributed by atoms with Crippen LogP contribution in [-0.2, 0) is 24.3 Å². The van der Waals surface area contributed by atoms with Gasteiger partial charge in [-0.1, -0.05) is 60.7 Å². The fourth-order valence-electron chi connectivity index (χ4n) is 4.13. The topological polar surface area (TPSA) is 95.8 Å². The number of hydrogen-bond acceptors (Lipinski definition) is 4. The number of nitrogens with one attached hydrogen (secondary N) is 2. The summed E-state index contributed by atoms with van der Waals surface area (Å²) in [7, 11) is 0. The molecule has 1 atom stereocenters. The number of para-hydroxylation sites is 1. The fraction of sp³-hybridized carbons (Fsp3) is 0.148. The average Bonchev–Trinajstić information content (AvgIpc) is 3.47. The van der Waals surface area contributed by atoms with Crippen LogP contribution in [0, 0.1) is 5.82 Å². The van der Waals surface area contributed by atoms with Gasteiger partial charge in [-0.05, 0) is 29.3 Å². The van der Waals surface area contributed by atoms with E-state index >= 15 is 0 Å². The van der Waals surface area contributed by atoms with E-state index in [2.05, 4.69) is 20.5 Å². The van der Waals surface area contributed by atoms with E-state index in [1.165, 1.54) is 12.1 Å². The molecule has 0 aliphatic rings. The SMILES string of the molecule is O=C(O)[C@@H](Cc1c[nH]c2ccccc12)NCc1nn(Cc2ccc(F)cc2)nc1-c1ccccc1. The largest absolute Gasteiger partial charge is 0.480 e. The number of hydrogen-bond donors (Lipinski definition) is 3. The highest BCUT2D eigenvalue weighted by Gasteiger charge is 2.21. The molecule has 2 aromatic heterocycles. The maximum atomic E-state index is 13.3. The highest BCUT2D eigenvalue weighted by Crippen LogP contribution is 2.22. The number of aromatic amines is 1. The van der Waals surface area contributed by atoms with Gasteiger partial charge in [0.1, 0.15) is 23.2 Å². The molecule has 176 valence electrons. The van der Waals surface area contributed by atoms with Gasteiger partial charge in [0, 0.05) is 35.6 Å². The molecule has 3 aromatic carbocycles. The molecule has 0 aliphatic heterocycles. The second-order valence-corrected chi connectivity index (χ2v) is 8.35. The molecular weight excluding hydrogens is 445 g/mol. The first-order valence-electron chi connectivity index (χ1n) is 11.3. The van der Waals surface area contributed by atoms with Crippen LogP contribution in [-0.4, -0.2) is 37.1 Å². The van der Waals surface area contributed by atoms with Crippen LogP contribution in [0.5, 0.6) is 0 Å². The first kappa shape index (κ1) is 22.5. The summed E-state index contributed by atoms with van der Waals surface area (Å²) in [5, 5.41) is 23.3. The van der Waals surface area contributed by atoms with Gasteiger partial charge < -0.3 is 10.1 Å². The van der Waals surface area contributed by atoms with Crippen LogP contribution in [0.2, 0.25) is 0 Å². The second-order valence-electron chi connectivity index (χ2n) is 8.35. The smallest absolute Gasteiger partial charge is 0.321 e. The summed E-state index contributed by atoms with van der Waals surface area (Å²) < 4.78 is 13.3. The van der Waals surface area contributed by atoms with Crippen molar-refractivity contribution >= 4 is 16.9 Å². The van der Waals surface area contributed by atoms with Crippen molar-refractivity contribution in [3.05, 3.63) is 108 Å². The van der Waals surface area contributed by atoms with E-state index in [4.69, 9.17) is 0 Å². The number of H-pyrrole nitrogens is 1. The van der Waals surface area contributed by atoms with Gasteiger partial charge in [0.25, 0.3) is 0 Å². The highest BCUT2D eigenvalue weighted by atomic mass is 19.1. The molecule has 0 amide bonds. The van der Waals surface area contributed by atoms with Crippen molar-refractivity contribution in [2.75, 3.05) is 0 Å². The lowest BCUT2D eigenvalue weighted by molar-refractivity contribution is -0.139. The van der Waals surface area contributed by atoms with Crippen LogP contribution in [0.25, 0.3) is 22.2 Å². The predicted octanol–water partition coefficient (Wildman–Crippen LogP) is 4.40. The summed E-state index contributed by atoms with van der Waals surface area (Å²) in [4.78, 5) is 16.8. The predicted molar refractivity (Wildman–Crippen MR) is 131 cm³/mol. The summed E-state index contributed by atoms with van der Waals surface area (Å²) in [5.74, 6) is -1.23. The Morgan fingerprint density at radius 1 is 1.00 bits per heavy atom. The zero-order valence-corrected chi connectivity index (χ0v) is 18.9. The number of aliphatic carboxylic acids is 1. The van der Waals surface area contributed by atoms with E-state index in [1.54, 1.807) is 16.9 Å². The minimum atomic E-state index is -0.935. The molecule has 0 aliphatic carbocycles. The first-order chi connectivity index (χ1) is 17.1. The van der Waals surface area contributed by atoms with Gasteiger partial charge in [0.05, 0.1) is 6.54 Å². The summed E-state index contributed by atoms with van der Waals surface area (Å²) in [6.45, 7) is 0.602. The number of carboxylic acid groups (broad SMARTS) is 1. The summed E-state index contributed by atoms with van der Waals surface area (Å²) in [6, 6.07) is 22.9. The number of carboxylic acids is 1. The Hall–Kier alpha value is -4.30. The molecule has 0 unspecified atom stereocenters. The molecule has 0 saturated carbocycles. The Kier molecular flexibility index (Phi) is 6.36. The number of carbonyl (C=O) groups is 1. The molecule has 0 radical (unpaired) electrons. The highest BCUT2D eigenvalue weighted by molar-refractivity contribution is 5.84. The monoisotopic (exact) mass is 469 g/mol. The van der Waals surface area contributed by atoms with Crippen LogP contribution in [0.3, 0.4) is 0 Å². The molecule has 3 N–H and O–H groups in total. The minimum absolute atomic E-state index is 0.229. The minimum Gasteiger partial charge on any atom is -0.480 e. The van der Waals surface area contributed by atoms with Crippen molar-refractivity contribution in [2.24, 2.45) is 0 Å². The van der Waals surface area contributed by atoms with E-state index in [-0.39, 0.29) is 12.4 Å². The lowest BCUT2D eigenvalue weighted by atomic mass is 10.0. The van der Waals surface area contributed by atoms with E-state index < -0.39 is 12.0 Å². The maximum absolute atomic E-state index is 13.3. The number of nitrogens with zero attached hydrogens (tertiary/aromatic N) is 3. The maximum Gasteiger partial charge on any atom is 0.321 e. The van der Waals surface area contributed by atoms with Crippen molar-refractivity contribution < 1.29 is 14.3 Å². The third-order valence-corrected chi connectivity index (χ3v) is 5.92. The van der Waals surface area contributed by atoms with Gasteiger partial charge in [-0.2, -0.15) is 15.0 Å². The van der Waals surface area contributed by atoms with Crippen molar-refractivity contribution in [3.8, 4) is 11.3 Å². The molecule has 0 spiro atoms. The second kappa shape index (κ2) is 9.90. The molecular formula is C27H24FN5O2. The van der Waals surface area contributed by atoms with Crippen molar-refractivity contribution in [3.63, 3.8) is 0 Å².